The second-order valence-corrected chi connectivity index (χ2v) is 8.57. The van der Waals surface area contributed by atoms with Gasteiger partial charge in [0.15, 0.2) is 9.84 Å². The lowest BCUT2D eigenvalue weighted by Gasteiger charge is -2.18. The van der Waals surface area contributed by atoms with Gasteiger partial charge in [0, 0.05) is 19.2 Å². The third kappa shape index (κ3) is 7.08. The lowest BCUT2D eigenvalue weighted by Crippen LogP contribution is -2.35. The Morgan fingerprint density at radius 3 is 2.41 bits per heavy atom. The fourth-order valence-corrected chi connectivity index (χ4v) is 4.54. The quantitative estimate of drug-likeness (QED) is 0.775. The summed E-state index contributed by atoms with van der Waals surface area (Å²) in [6.07, 6.45) is -4.32. The second kappa shape index (κ2) is 8.15. The molecular weight excluding hydrogens is 389 g/mol. The first-order valence-electron chi connectivity index (χ1n) is 8.03. The largest absolute Gasteiger partial charge is 0.573 e. The van der Waals surface area contributed by atoms with E-state index in [0.717, 1.165) is 12.1 Å². The number of anilines is 1. The molecule has 1 saturated heterocycles. The number of rotatable bonds is 6. The number of alkyl halides is 3. The molecule has 1 aromatic rings. The molecule has 1 fully saturated rings. The van der Waals surface area contributed by atoms with Crippen LogP contribution in [-0.2, 0) is 19.4 Å². The topological polar surface area (TPSA) is 92.8 Å². The van der Waals surface area contributed by atoms with Crippen molar-refractivity contribution in [2.24, 2.45) is 5.92 Å². The Morgan fingerprint density at radius 2 is 1.89 bits per heavy atom. The first kappa shape index (κ1) is 21.0. The molecule has 2 rings (SSSR count). The first-order valence-corrected chi connectivity index (χ1v) is 9.86. The van der Waals surface area contributed by atoms with Crippen LogP contribution in [0, 0.1) is 5.92 Å². The Morgan fingerprint density at radius 1 is 1.26 bits per heavy atom. The molecule has 0 spiro atoms. The van der Waals surface area contributed by atoms with E-state index in [1.54, 1.807) is 0 Å². The summed E-state index contributed by atoms with van der Waals surface area (Å²) in [5.41, 5.74) is 0.247. The SMILES string of the molecule is CN(CC(=O)Nc1ccc(OC(F)(F)F)cc1)C(=O)C[C@H]1CCS(=O)(=O)C1. The minimum absolute atomic E-state index is 0.0227. The van der Waals surface area contributed by atoms with Gasteiger partial charge in [0.05, 0.1) is 18.1 Å². The van der Waals surface area contributed by atoms with Crippen molar-refractivity contribution in [3.05, 3.63) is 24.3 Å². The molecule has 27 heavy (non-hydrogen) atoms. The van der Waals surface area contributed by atoms with Crippen LogP contribution in [0.25, 0.3) is 0 Å². The fraction of sp³-hybridized carbons (Fsp3) is 0.500. The van der Waals surface area contributed by atoms with Crippen molar-refractivity contribution < 1.29 is 35.9 Å². The van der Waals surface area contributed by atoms with Crippen LogP contribution in [0.1, 0.15) is 12.8 Å². The van der Waals surface area contributed by atoms with Gasteiger partial charge in [0.25, 0.3) is 0 Å². The molecule has 1 atom stereocenters. The van der Waals surface area contributed by atoms with Crippen LogP contribution in [0.5, 0.6) is 5.75 Å². The molecule has 0 radical (unpaired) electrons. The zero-order chi connectivity index (χ0) is 20.2. The molecule has 0 unspecified atom stereocenters. The predicted molar refractivity (Wildman–Crippen MR) is 90.8 cm³/mol. The number of benzene rings is 1. The minimum atomic E-state index is -4.80. The molecule has 0 bridgehead atoms. The molecule has 0 saturated carbocycles. The van der Waals surface area contributed by atoms with Gasteiger partial charge in [0.2, 0.25) is 11.8 Å². The van der Waals surface area contributed by atoms with Gasteiger partial charge in [-0.2, -0.15) is 0 Å². The third-order valence-corrected chi connectivity index (χ3v) is 5.81. The lowest BCUT2D eigenvalue weighted by molar-refractivity contribution is -0.274. The maximum absolute atomic E-state index is 12.1. The molecular formula is C16H19F3N2O5S. The Bertz CT molecular complexity index is 793. The summed E-state index contributed by atoms with van der Waals surface area (Å²) >= 11 is 0. The molecule has 7 nitrogen and oxygen atoms in total. The molecule has 1 aromatic carbocycles. The average Bonchev–Trinajstić information content (AvgIpc) is 2.86. The van der Waals surface area contributed by atoms with Crippen molar-refractivity contribution in [2.75, 3.05) is 30.4 Å². The number of carbonyl (C=O) groups excluding carboxylic acids is 2. The highest BCUT2D eigenvalue weighted by atomic mass is 32.2. The molecule has 150 valence electrons. The predicted octanol–water partition coefficient (Wildman–Crippen LogP) is 1.81. The number of nitrogens with zero attached hydrogens (tertiary/aromatic N) is 1. The summed E-state index contributed by atoms with van der Waals surface area (Å²) in [6.45, 7) is -0.265. The van der Waals surface area contributed by atoms with Crippen LogP contribution < -0.4 is 10.1 Å². The van der Waals surface area contributed by atoms with Gasteiger partial charge in [-0.3, -0.25) is 9.59 Å². The van der Waals surface area contributed by atoms with Crippen LogP contribution in [0.2, 0.25) is 0 Å². The summed E-state index contributed by atoms with van der Waals surface area (Å²) in [5.74, 6) is -1.49. The van der Waals surface area contributed by atoms with E-state index in [4.69, 9.17) is 0 Å². The van der Waals surface area contributed by atoms with Gasteiger partial charge in [-0.05, 0) is 36.6 Å². The van der Waals surface area contributed by atoms with E-state index in [1.807, 2.05) is 0 Å². The molecule has 0 aliphatic carbocycles. The van der Waals surface area contributed by atoms with E-state index in [1.165, 1.54) is 24.1 Å². The maximum Gasteiger partial charge on any atom is 0.573 e. The van der Waals surface area contributed by atoms with Gasteiger partial charge in [-0.15, -0.1) is 13.2 Å². The van der Waals surface area contributed by atoms with Crippen molar-refractivity contribution in [1.29, 1.82) is 0 Å². The van der Waals surface area contributed by atoms with Crippen molar-refractivity contribution in [3.8, 4) is 5.75 Å². The number of carbonyl (C=O) groups is 2. The Hall–Kier alpha value is -2.30. The minimum Gasteiger partial charge on any atom is -0.406 e. The van der Waals surface area contributed by atoms with Crippen molar-refractivity contribution in [1.82, 2.24) is 4.90 Å². The number of likely N-dealkylation sites (N-methyl/N-ethyl adjacent to an activating group) is 1. The molecule has 11 heteroatoms. The molecule has 1 aliphatic heterocycles. The van der Waals surface area contributed by atoms with Crippen molar-refractivity contribution in [2.45, 2.75) is 19.2 Å². The number of hydrogen-bond acceptors (Lipinski definition) is 5. The summed E-state index contributed by atoms with van der Waals surface area (Å²) in [5, 5.41) is 2.46. The monoisotopic (exact) mass is 408 g/mol. The number of hydrogen-bond donors (Lipinski definition) is 1. The zero-order valence-electron chi connectivity index (χ0n) is 14.5. The standard InChI is InChI=1S/C16H19F3N2O5S/c1-21(15(23)8-11-6-7-27(24,25)10-11)9-14(22)20-12-2-4-13(5-3-12)26-16(17,18)19/h2-5,11H,6-10H2,1H3,(H,20,22)/t11-/m1/s1. The van der Waals surface area contributed by atoms with E-state index < -0.39 is 27.9 Å². The Labute approximate surface area is 154 Å². The zero-order valence-corrected chi connectivity index (χ0v) is 15.3. The van der Waals surface area contributed by atoms with E-state index >= 15 is 0 Å². The van der Waals surface area contributed by atoms with E-state index in [9.17, 15) is 31.2 Å². The normalized spacial score (nSPS) is 18.7. The van der Waals surface area contributed by atoms with E-state index in [-0.39, 0.29) is 42.0 Å². The van der Waals surface area contributed by atoms with E-state index in [2.05, 4.69) is 10.1 Å². The summed E-state index contributed by atoms with van der Waals surface area (Å²) in [4.78, 5) is 25.3. The highest BCUT2D eigenvalue weighted by molar-refractivity contribution is 7.91. The molecule has 1 N–H and O–H groups in total. The summed E-state index contributed by atoms with van der Waals surface area (Å²) in [6, 6.07) is 4.59. The molecule has 2 amide bonds. The first-order chi connectivity index (χ1) is 12.4. The van der Waals surface area contributed by atoms with Gasteiger partial charge in [-0.25, -0.2) is 8.42 Å². The highest BCUT2D eigenvalue weighted by Gasteiger charge is 2.31. The number of halogens is 3. The summed E-state index contributed by atoms with van der Waals surface area (Å²) < 4.78 is 62.8. The maximum atomic E-state index is 12.1. The Balaban J connectivity index is 1.81. The van der Waals surface area contributed by atoms with Gasteiger partial charge in [-0.1, -0.05) is 0 Å². The fourth-order valence-electron chi connectivity index (χ4n) is 2.68. The summed E-state index contributed by atoms with van der Waals surface area (Å²) in [7, 11) is -1.65. The average molecular weight is 408 g/mol. The third-order valence-electron chi connectivity index (χ3n) is 3.97. The van der Waals surface area contributed by atoms with Crippen LogP contribution >= 0.6 is 0 Å². The Kier molecular flexibility index (Phi) is 6.34. The van der Waals surface area contributed by atoms with Crippen LogP contribution in [0.3, 0.4) is 0 Å². The van der Waals surface area contributed by atoms with Crippen molar-refractivity contribution >= 4 is 27.3 Å². The number of amides is 2. The molecule has 1 heterocycles. The van der Waals surface area contributed by atoms with Crippen molar-refractivity contribution in [3.63, 3.8) is 0 Å². The van der Waals surface area contributed by atoms with Gasteiger partial charge >= 0.3 is 6.36 Å². The van der Waals surface area contributed by atoms with Gasteiger partial charge in [0.1, 0.15) is 5.75 Å². The number of sulfone groups is 1. The second-order valence-electron chi connectivity index (χ2n) is 6.34. The van der Waals surface area contributed by atoms with E-state index in [0.29, 0.717) is 6.42 Å². The van der Waals surface area contributed by atoms with Crippen LogP contribution in [0.15, 0.2) is 24.3 Å². The molecule has 0 aromatic heterocycles. The number of nitrogens with one attached hydrogen (secondary N) is 1. The number of ether oxygens (including phenoxy) is 1. The smallest absolute Gasteiger partial charge is 0.406 e. The van der Waals surface area contributed by atoms with Crippen LogP contribution in [0.4, 0.5) is 18.9 Å². The van der Waals surface area contributed by atoms with Crippen LogP contribution in [-0.4, -0.2) is 56.6 Å². The molecule has 1 aliphatic rings. The van der Waals surface area contributed by atoms with Gasteiger partial charge < -0.3 is 15.0 Å². The highest BCUT2D eigenvalue weighted by Crippen LogP contribution is 2.24. The lowest BCUT2D eigenvalue weighted by atomic mass is 10.0.